The van der Waals surface area contributed by atoms with E-state index in [2.05, 4.69) is 0 Å². The van der Waals surface area contributed by atoms with Gasteiger partial charge in [-0.2, -0.15) is 13.2 Å². The largest absolute Gasteiger partial charge is 0.493 e. The van der Waals surface area contributed by atoms with Gasteiger partial charge in [0, 0.05) is 12.5 Å². The minimum Gasteiger partial charge on any atom is -0.493 e. The van der Waals surface area contributed by atoms with Crippen LogP contribution < -0.4 is 4.74 Å². The average molecular weight is 260 g/mol. The summed E-state index contributed by atoms with van der Waals surface area (Å²) in [6.07, 6.45) is -2.37. The van der Waals surface area contributed by atoms with E-state index in [4.69, 9.17) is 9.84 Å². The Morgan fingerprint density at radius 3 is 2.50 bits per heavy atom. The quantitative estimate of drug-likeness (QED) is 0.881. The number of aliphatic hydroxyl groups excluding tert-OH is 1. The van der Waals surface area contributed by atoms with Gasteiger partial charge in [-0.3, -0.25) is 0 Å². The molecule has 1 N–H and O–H groups in total. The lowest BCUT2D eigenvalue weighted by molar-refractivity contribution is -0.139. The number of halogens is 3. The number of para-hydroxylation sites is 1. The van der Waals surface area contributed by atoms with Gasteiger partial charge in [0.25, 0.3) is 0 Å². The van der Waals surface area contributed by atoms with Gasteiger partial charge in [-0.15, -0.1) is 0 Å². The summed E-state index contributed by atoms with van der Waals surface area (Å²) < 4.78 is 43.3. The van der Waals surface area contributed by atoms with Crippen LogP contribution in [0.4, 0.5) is 13.2 Å². The molecule has 0 amide bonds. The molecule has 1 aromatic rings. The Morgan fingerprint density at radius 2 is 1.94 bits per heavy atom. The molecule has 1 aliphatic carbocycles. The van der Waals surface area contributed by atoms with Crippen molar-refractivity contribution >= 4 is 0 Å². The van der Waals surface area contributed by atoms with E-state index in [-0.39, 0.29) is 24.9 Å². The van der Waals surface area contributed by atoms with E-state index in [9.17, 15) is 13.2 Å². The van der Waals surface area contributed by atoms with Crippen molar-refractivity contribution in [3.05, 3.63) is 29.8 Å². The van der Waals surface area contributed by atoms with Gasteiger partial charge in [-0.05, 0) is 30.9 Å². The molecule has 1 saturated carbocycles. The number of aliphatic hydroxyl groups is 1. The normalized spacial score (nSPS) is 17.6. The summed E-state index contributed by atoms with van der Waals surface area (Å²) in [4.78, 5) is 0. The predicted molar refractivity (Wildman–Crippen MR) is 60.2 cm³/mol. The molecule has 0 saturated heterocycles. The standard InChI is InChI=1S/C13H15F3O2/c14-13(15,16)11-3-1-2-4-12(11)18-8-10(7-17)9-5-6-9/h1-4,9-10,17H,5-8H2. The molecular formula is C13H15F3O2. The fourth-order valence-electron chi connectivity index (χ4n) is 1.93. The molecule has 1 aromatic carbocycles. The molecule has 0 radical (unpaired) electrons. The number of ether oxygens (including phenoxy) is 1. The molecule has 2 nitrogen and oxygen atoms in total. The number of hydrogen-bond acceptors (Lipinski definition) is 2. The van der Waals surface area contributed by atoms with Crippen molar-refractivity contribution in [2.75, 3.05) is 13.2 Å². The third-order valence-corrected chi connectivity index (χ3v) is 3.17. The van der Waals surface area contributed by atoms with E-state index in [1.165, 1.54) is 18.2 Å². The molecule has 100 valence electrons. The summed E-state index contributed by atoms with van der Waals surface area (Å²) in [5.41, 5.74) is -0.766. The molecule has 0 spiro atoms. The zero-order chi connectivity index (χ0) is 13.2. The van der Waals surface area contributed by atoms with E-state index in [1.54, 1.807) is 0 Å². The first-order chi connectivity index (χ1) is 8.52. The fourth-order valence-corrected chi connectivity index (χ4v) is 1.93. The van der Waals surface area contributed by atoms with Crippen LogP contribution in [0.15, 0.2) is 24.3 Å². The van der Waals surface area contributed by atoms with Crippen molar-refractivity contribution in [2.24, 2.45) is 11.8 Å². The minimum absolute atomic E-state index is 0.0428. The van der Waals surface area contributed by atoms with E-state index in [0.717, 1.165) is 18.9 Å². The zero-order valence-corrected chi connectivity index (χ0v) is 9.78. The predicted octanol–water partition coefficient (Wildman–Crippen LogP) is 3.10. The van der Waals surface area contributed by atoms with Gasteiger partial charge in [0.1, 0.15) is 5.75 Å². The van der Waals surface area contributed by atoms with Crippen LogP contribution in [-0.2, 0) is 6.18 Å². The Bertz CT molecular complexity index is 399. The number of rotatable bonds is 5. The molecule has 0 heterocycles. The van der Waals surface area contributed by atoms with Gasteiger partial charge in [0.05, 0.1) is 12.2 Å². The van der Waals surface area contributed by atoms with Gasteiger partial charge < -0.3 is 9.84 Å². The molecule has 0 aliphatic heterocycles. The maximum Gasteiger partial charge on any atom is 0.419 e. The maximum atomic E-state index is 12.7. The maximum absolute atomic E-state index is 12.7. The summed E-state index contributed by atoms with van der Waals surface area (Å²) in [6, 6.07) is 5.15. The van der Waals surface area contributed by atoms with Crippen LogP contribution in [0.25, 0.3) is 0 Å². The first kappa shape index (κ1) is 13.2. The molecule has 18 heavy (non-hydrogen) atoms. The second kappa shape index (κ2) is 5.18. The fraction of sp³-hybridized carbons (Fsp3) is 0.538. The van der Waals surface area contributed by atoms with Crippen molar-refractivity contribution < 1.29 is 23.0 Å². The van der Waals surface area contributed by atoms with Crippen molar-refractivity contribution in [2.45, 2.75) is 19.0 Å². The van der Waals surface area contributed by atoms with Crippen LogP contribution in [0.2, 0.25) is 0 Å². The molecule has 0 bridgehead atoms. The van der Waals surface area contributed by atoms with Crippen LogP contribution in [0, 0.1) is 11.8 Å². The second-order valence-corrected chi connectivity index (χ2v) is 4.59. The van der Waals surface area contributed by atoms with Gasteiger partial charge >= 0.3 is 6.18 Å². The molecule has 1 aliphatic rings. The molecule has 2 rings (SSSR count). The van der Waals surface area contributed by atoms with Crippen LogP contribution in [0.1, 0.15) is 18.4 Å². The van der Waals surface area contributed by atoms with Crippen LogP contribution >= 0.6 is 0 Å². The Hall–Kier alpha value is -1.23. The number of hydrogen-bond donors (Lipinski definition) is 1. The third-order valence-electron chi connectivity index (χ3n) is 3.17. The van der Waals surface area contributed by atoms with Gasteiger partial charge in [0.15, 0.2) is 0 Å². The van der Waals surface area contributed by atoms with Crippen LogP contribution in [0.5, 0.6) is 5.75 Å². The lowest BCUT2D eigenvalue weighted by atomic mass is 10.1. The highest BCUT2D eigenvalue weighted by Gasteiger charge is 2.35. The molecule has 0 aromatic heterocycles. The molecular weight excluding hydrogens is 245 g/mol. The number of benzene rings is 1. The van der Waals surface area contributed by atoms with Crippen molar-refractivity contribution in [1.82, 2.24) is 0 Å². The SMILES string of the molecule is OCC(COc1ccccc1C(F)(F)F)C1CC1. The van der Waals surface area contributed by atoms with Gasteiger partial charge in [-0.1, -0.05) is 12.1 Å². The first-order valence-electron chi connectivity index (χ1n) is 5.92. The van der Waals surface area contributed by atoms with Crippen molar-refractivity contribution in [3.8, 4) is 5.75 Å². The Labute approximate surface area is 103 Å². The summed E-state index contributed by atoms with van der Waals surface area (Å²) >= 11 is 0. The molecule has 1 atom stereocenters. The smallest absolute Gasteiger partial charge is 0.419 e. The van der Waals surface area contributed by atoms with Crippen LogP contribution in [0.3, 0.4) is 0 Å². The Balaban J connectivity index is 2.04. The van der Waals surface area contributed by atoms with Gasteiger partial charge in [0.2, 0.25) is 0 Å². The monoisotopic (exact) mass is 260 g/mol. The molecule has 5 heteroatoms. The highest BCUT2D eigenvalue weighted by atomic mass is 19.4. The minimum atomic E-state index is -4.41. The van der Waals surface area contributed by atoms with Crippen LogP contribution in [-0.4, -0.2) is 18.3 Å². The van der Waals surface area contributed by atoms with E-state index >= 15 is 0 Å². The second-order valence-electron chi connectivity index (χ2n) is 4.59. The van der Waals surface area contributed by atoms with Crippen molar-refractivity contribution in [3.63, 3.8) is 0 Å². The molecule has 1 unspecified atom stereocenters. The average Bonchev–Trinajstić information content (AvgIpc) is 3.13. The lowest BCUT2D eigenvalue weighted by Crippen LogP contribution is -2.19. The van der Waals surface area contributed by atoms with E-state index < -0.39 is 11.7 Å². The highest BCUT2D eigenvalue weighted by Crippen LogP contribution is 2.39. The Morgan fingerprint density at radius 1 is 1.28 bits per heavy atom. The Kier molecular flexibility index (Phi) is 3.80. The zero-order valence-electron chi connectivity index (χ0n) is 9.78. The first-order valence-corrected chi connectivity index (χ1v) is 5.92. The van der Waals surface area contributed by atoms with Crippen molar-refractivity contribution in [1.29, 1.82) is 0 Å². The lowest BCUT2D eigenvalue weighted by Gasteiger charge is -2.17. The topological polar surface area (TPSA) is 29.5 Å². The summed E-state index contributed by atoms with van der Waals surface area (Å²) in [5, 5.41) is 9.14. The summed E-state index contributed by atoms with van der Waals surface area (Å²) in [5.74, 6) is 0.170. The van der Waals surface area contributed by atoms with E-state index in [0.29, 0.717) is 5.92 Å². The summed E-state index contributed by atoms with van der Waals surface area (Å²) in [7, 11) is 0. The molecule has 1 fully saturated rings. The van der Waals surface area contributed by atoms with E-state index in [1.807, 2.05) is 0 Å². The van der Waals surface area contributed by atoms with Gasteiger partial charge in [-0.25, -0.2) is 0 Å². The third kappa shape index (κ3) is 3.16. The number of alkyl halides is 3. The summed E-state index contributed by atoms with van der Waals surface area (Å²) in [6.45, 7) is 0.0904. The highest BCUT2D eigenvalue weighted by molar-refractivity contribution is 5.35.